The molecule has 0 aromatic heterocycles. The molecule has 0 aliphatic heterocycles. The molecule has 0 aromatic rings. The molecule has 68 valence electrons. The van der Waals surface area contributed by atoms with Crippen LogP contribution < -0.4 is 5.32 Å². The molecule has 5 nitrogen and oxygen atoms in total. The van der Waals surface area contributed by atoms with Crippen molar-refractivity contribution in [3.63, 3.8) is 0 Å². The Morgan fingerprint density at radius 2 is 2.00 bits per heavy atom. The average molecular weight is 183 g/mol. The van der Waals surface area contributed by atoms with Crippen LogP contribution in [0.1, 0.15) is 13.8 Å². The minimum Gasteiger partial charge on any atom is -0.317 e. The largest absolute Gasteiger partial charge is 0.470 e. The second kappa shape index (κ2) is 3.65. The summed E-state index contributed by atoms with van der Waals surface area (Å²) >= 11 is 0. The monoisotopic (exact) mass is 183 g/mol. The van der Waals surface area contributed by atoms with E-state index in [9.17, 15) is 4.57 Å². The number of nitrogens with one attached hydrogen (secondary N) is 1. The topological polar surface area (TPSA) is 78.8 Å². The third-order valence-corrected chi connectivity index (χ3v) is 1.70. The van der Waals surface area contributed by atoms with E-state index in [2.05, 4.69) is 9.84 Å². The zero-order chi connectivity index (χ0) is 9.12. The Bertz CT molecular complexity index is 164. The molecule has 0 radical (unpaired) electrons. The summed E-state index contributed by atoms with van der Waals surface area (Å²) in [5, 5.41) is 2.76. The lowest BCUT2D eigenvalue weighted by atomic mass is 10.1. The fourth-order valence-corrected chi connectivity index (χ4v) is 1.49. The van der Waals surface area contributed by atoms with E-state index >= 15 is 0 Å². The predicted octanol–water partition coefficient (Wildman–Crippen LogP) is 0.0937. The van der Waals surface area contributed by atoms with Crippen LogP contribution in [0.5, 0.6) is 0 Å². The van der Waals surface area contributed by atoms with Crippen molar-refractivity contribution in [2.24, 2.45) is 0 Å². The lowest BCUT2D eigenvalue weighted by Gasteiger charge is -2.24. The van der Waals surface area contributed by atoms with Crippen molar-refractivity contribution in [2.45, 2.75) is 19.4 Å². The molecule has 0 saturated carbocycles. The third-order valence-electron chi connectivity index (χ3n) is 0.969. The molecule has 0 unspecified atom stereocenters. The van der Waals surface area contributed by atoms with Gasteiger partial charge in [0.1, 0.15) is 0 Å². The van der Waals surface area contributed by atoms with Crippen molar-refractivity contribution in [2.75, 3.05) is 13.6 Å². The fourth-order valence-electron chi connectivity index (χ4n) is 0.780. The van der Waals surface area contributed by atoms with Crippen molar-refractivity contribution < 1.29 is 18.9 Å². The first-order chi connectivity index (χ1) is 4.77. The molecule has 0 spiro atoms. The summed E-state index contributed by atoms with van der Waals surface area (Å²) in [5.41, 5.74) is -0.840. The third kappa shape index (κ3) is 6.47. The quantitative estimate of drug-likeness (QED) is 0.538. The SMILES string of the molecule is CNCC(C)(C)OP(=O)(O)O. The van der Waals surface area contributed by atoms with E-state index in [-0.39, 0.29) is 0 Å². The van der Waals surface area contributed by atoms with Crippen LogP contribution in [0.4, 0.5) is 0 Å². The molecule has 0 bridgehead atoms. The number of likely N-dealkylation sites (N-methyl/N-ethyl adjacent to an activating group) is 1. The Morgan fingerprint density at radius 3 is 2.27 bits per heavy atom. The van der Waals surface area contributed by atoms with Crippen LogP contribution in [0.2, 0.25) is 0 Å². The van der Waals surface area contributed by atoms with Crippen molar-refractivity contribution in [3.05, 3.63) is 0 Å². The molecule has 0 rings (SSSR count). The van der Waals surface area contributed by atoms with Crippen LogP contribution in [0.3, 0.4) is 0 Å². The zero-order valence-corrected chi connectivity index (χ0v) is 7.76. The van der Waals surface area contributed by atoms with Crippen LogP contribution >= 0.6 is 7.82 Å². The minimum atomic E-state index is -4.36. The number of rotatable bonds is 4. The Balaban J connectivity index is 4.02. The molecular formula is C5H14NO4P. The van der Waals surface area contributed by atoms with Gasteiger partial charge in [0.2, 0.25) is 0 Å². The molecule has 0 saturated heterocycles. The number of hydrogen-bond donors (Lipinski definition) is 3. The summed E-state index contributed by atoms with van der Waals surface area (Å²) < 4.78 is 14.8. The van der Waals surface area contributed by atoms with E-state index in [1.165, 1.54) is 0 Å². The van der Waals surface area contributed by atoms with Gasteiger partial charge in [-0.1, -0.05) is 0 Å². The number of phosphoric ester groups is 1. The van der Waals surface area contributed by atoms with Gasteiger partial charge in [0.15, 0.2) is 0 Å². The number of hydrogen-bond acceptors (Lipinski definition) is 3. The van der Waals surface area contributed by atoms with Gasteiger partial charge >= 0.3 is 7.82 Å². The standard InChI is InChI=1S/C5H14NO4P/c1-5(2,4-6-3)10-11(7,8)9/h6H,4H2,1-3H3,(H2,7,8,9). The maximum Gasteiger partial charge on any atom is 0.470 e. The summed E-state index contributed by atoms with van der Waals surface area (Å²) in [6.45, 7) is 3.59. The molecule has 0 aliphatic carbocycles. The molecular weight excluding hydrogens is 169 g/mol. The van der Waals surface area contributed by atoms with Crippen molar-refractivity contribution >= 4 is 7.82 Å². The smallest absolute Gasteiger partial charge is 0.317 e. The fraction of sp³-hybridized carbons (Fsp3) is 1.00. The summed E-state index contributed by atoms with van der Waals surface area (Å²) in [6, 6.07) is 0. The molecule has 0 aliphatic rings. The first-order valence-electron chi connectivity index (χ1n) is 3.18. The van der Waals surface area contributed by atoms with Crippen molar-refractivity contribution in [1.29, 1.82) is 0 Å². The van der Waals surface area contributed by atoms with Gasteiger partial charge in [-0.25, -0.2) is 4.57 Å². The van der Waals surface area contributed by atoms with Gasteiger partial charge in [-0.15, -0.1) is 0 Å². The average Bonchev–Trinajstić information content (AvgIpc) is 1.55. The summed E-state index contributed by atoms with van der Waals surface area (Å²) in [4.78, 5) is 16.9. The molecule has 3 N–H and O–H groups in total. The second-order valence-corrected chi connectivity index (χ2v) is 4.04. The lowest BCUT2D eigenvalue weighted by Crippen LogP contribution is -2.34. The van der Waals surface area contributed by atoms with Crippen LogP contribution in [-0.4, -0.2) is 29.0 Å². The highest BCUT2D eigenvalue weighted by Crippen LogP contribution is 2.40. The van der Waals surface area contributed by atoms with E-state index in [0.717, 1.165) is 0 Å². The van der Waals surface area contributed by atoms with Crippen molar-refractivity contribution in [1.82, 2.24) is 5.32 Å². The Morgan fingerprint density at radius 1 is 1.55 bits per heavy atom. The Kier molecular flexibility index (Phi) is 3.67. The van der Waals surface area contributed by atoms with Gasteiger partial charge in [-0.2, -0.15) is 0 Å². The highest BCUT2D eigenvalue weighted by Gasteiger charge is 2.27. The molecule has 0 aromatic carbocycles. The Labute approximate surface area is 66.0 Å². The van der Waals surface area contributed by atoms with Crippen LogP contribution in [0, 0.1) is 0 Å². The first-order valence-corrected chi connectivity index (χ1v) is 4.71. The highest BCUT2D eigenvalue weighted by atomic mass is 31.2. The predicted molar refractivity (Wildman–Crippen MR) is 41.1 cm³/mol. The molecule has 0 heterocycles. The van der Waals surface area contributed by atoms with Gasteiger partial charge in [-0.05, 0) is 20.9 Å². The maximum absolute atomic E-state index is 10.4. The Hall–Kier alpha value is 0.0700. The minimum absolute atomic E-state index is 0.387. The molecule has 0 amide bonds. The van der Waals surface area contributed by atoms with Gasteiger partial charge in [-0.3, -0.25) is 4.52 Å². The van der Waals surface area contributed by atoms with E-state index in [1.54, 1.807) is 20.9 Å². The van der Waals surface area contributed by atoms with Crippen molar-refractivity contribution in [3.8, 4) is 0 Å². The zero-order valence-electron chi connectivity index (χ0n) is 6.87. The highest BCUT2D eigenvalue weighted by molar-refractivity contribution is 7.46. The number of phosphoric acid groups is 1. The van der Waals surface area contributed by atoms with Gasteiger partial charge in [0, 0.05) is 6.54 Å². The summed E-state index contributed by atoms with van der Waals surface area (Å²) in [7, 11) is -2.67. The molecule has 6 heteroatoms. The maximum atomic E-state index is 10.4. The van der Waals surface area contributed by atoms with E-state index in [0.29, 0.717) is 6.54 Å². The lowest BCUT2D eigenvalue weighted by molar-refractivity contribution is 0.0666. The van der Waals surface area contributed by atoms with Crippen LogP contribution in [0.15, 0.2) is 0 Å². The van der Waals surface area contributed by atoms with E-state index < -0.39 is 13.4 Å². The second-order valence-electron chi connectivity index (χ2n) is 2.87. The van der Waals surface area contributed by atoms with E-state index in [1.807, 2.05) is 0 Å². The normalized spacial score (nSPS) is 13.5. The first kappa shape index (κ1) is 11.1. The summed E-state index contributed by atoms with van der Waals surface area (Å²) in [5.74, 6) is 0. The van der Waals surface area contributed by atoms with Crippen LogP contribution in [0.25, 0.3) is 0 Å². The van der Waals surface area contributed by atoms with Gasteiger partial charge in [0.25, 0.3) is 0 Å². The van der Waals surface area contributed by atoms with Gasteiger partial charge < -0.3 is 15.1 Å². The molecule has 0 fully saturated rings. The van der Waals surface area contributed by atoms with Crippen LogP contribution in [-0.2, 0) is 9.09 Å². The van der Waals surface area contributed by atoms with E-state index in [4.69, 9.17) is 9.79 Å². The summed E-state index contributed by atoms with van der Waals surface area (Å²) in [6.07, 6.45) is 0. The van der Waals surface area contributed by atoms with Gasteiger partial charge in [0.05, 0.1) is 5.60 Å². The molecule has 0 atom stereocenters. The molecule has 11 heavy (non-hydrogen) atoms.